The summed E-state index contributed by atoms with van der Waals surface area (Å²) in [5.41, 5.74) is 2.33. The van der Waals surface area contributed by atoms with Gasteiger partial charge in [-0.3, -0.25) is 0 Å². The third-order valence-corrected chi connectivity index (χ3v) is 3.49. The topological polar surface area (TPSA) is 38.3 Å². The predicted octanol–water partition coefficient (Wildman–Crippen LogP) is 4.78. The van der Waals surface area contributed by atoms with Gasteiger partial charge in [-0.1, -0.05) is 23.2 Å². The van der Waals surface area contributed by atoms with E-state index in [2.05, 4.69) is 5.32 Å². The Morgan fingerprint density at radius 1 is 1.14 bits per heavy atom. The zero-order valence-electron chi connectivity index (χ0n) is 11.5. The summed E-state index contributed by atoms with van der Waals surface area (Å²) >= 11 is 12.1. The first kappa shape index (κ1) is 15.7. The molecule has 2 aromatic rings. The summed E-state index contributed by atoms with van der Waals surface area (Å²) in [7, 11) is 0. The van der Waals surface area contributed by atoms with Gasteiger partial charge in [0.15, 0.2) is 0 Å². The van der Waals surface area contributed by atoms with E-state index in [9.17, 15) is 4.79 Å². The lowest BCUT2D eigenvalue weighted by Gasteiger charge is -2.09. The van der Waals surface area contributed by atoms with Crippen LogP contribution in [-0.2, 0) is 11.3 Å². The predicted molar refractivity (Wildman–Crippen MR) is 86.2 cm³/mol. The van der Waals surface area contributed by atoms with Crippen molar-refractivity contribution in [3.63, 3.8) is 0 Å². The first-order chi connectivity index (χ1) is 10.1. The molecule has 0 amide bonds. The Hall–Kier alpha value is -1.71. The standard InChI is InChI=1S/C16H15Cl2NO2/c1-2-21-16(20)11-3-6-14(7-4-11)19-10-12-9-13(17)5-8-15(12)18/h3-9,19H,2,10H2,1H3. The lowest BCUT2D eigenvalue weighted by molar-refractivity contribution is 0.0526. The molecule has 0 aliphatic rings. The van der Waals surface area contributed by atoms with E-state index in [0.29, 0.717) is 28.8 Å². The highest BCUT2D eigenvalue weighted by Gasteiger charge is 2.06. The van der Waals surface area contributed by atoms with Crippen LogP contribution in [-0.4, -0.2) is 12.6 Å². The van der Waals surface area contributed by atoms with E-state index in [0.717, 1.165) is 11.3 Å². The molecule has 2 rings (SSSR count). The molecule has 0 spiro atoms. The molecule has 110 valence electrons. The van der Waals surface area contributed by atoms with E-state index in [-0.39, 0.29) is 5.97 Å². The monoisotopic (exact) mass is 323 g/mol. The second-order valence-electron chi connectivity index (χ2n) is 4.39. The van der Waals surface area contributed by atoms with Crippen molar-refractivity contribution in [3.05, 3.63) is 63.6 Å². The molecule has 0 aliphatic heterocycles. The van der Waals surface area contributed by atoms with Gasteiger partial charge in [0.05, 0.1) is 12.2 Å². The summed E-state index contributed by atoms with van der Waals surface area (Å²) in [4.78, 5) is 11.5. The van der Waals surface area contributed by atoms with Gasteiger partial charge in [-0.25, -0.2) is 4.79 Å². The number of ether oxygens (including phenoxy) is 1. The van der Waals surface area contributed by atoms with E-state index in [1.165, 1.54) is 0 Å². The molecule has 5 heteroatoms. The third-order valence-electron chi connectivity index (χ3n) is 2.89. The molecular formula is C16H15Cl2NO2. The maximum atomic E-state index is 11.5. The van der Waals surface area contributed by atoms with Crippen molar-refractivity contribution in [2.75, 3.05) is 11.9 Å². The first-order valence-corrected chi connectivity index (χ1v) is 7.30. The maximum absolute atomic E-state index is 11.5. The number of carbonyl (C=O) groups is 1. The second-order valence-corrected chi connectivity index (χ2v) is 5.23. The Bertz CT molecular complexity index is 627. The molecule has 0 saturated heterocycles. The normalized spacial score (nSPS) is 10.2. The second kappa shape index (κ2) is 7.34. The van der Waals surface area contributed by atoms with E-state index < -0.39 is 0 Å². The highest BCUT2D eigenvalue weighted by Crippen LogP contribution is 2.22. The minimum Gasteiger partial charge on any atom is -0.462 e. The quantitative estimate of drug-likeness (QED) is 0.804. The highest BCUT2D eigenvalue weighted by atomic mass is 35.5. The molecule has 0 radical (unpaired) electrons. The molecule has 0 aliphatic carbocycles. The van der Waals surface area contributed by atoms with Crippen LogP contribution in [0.25, 0.3) is 0 Å². The summed E-state index contributed by atoms with van der Waals surface area (Å²) in [5.74, 6) is -0.318. The fraction of sp³-hybridized carbons (Fsp3) is 0.188. The molecule has 3 nitrogen and oxygen atoms in total. The number of hydrogen-bond acceptors (Lipinski definition) is 3. The van der Waals surface area contributed by atoms with Crippen LogP contribution in [0, 0.1) is 0 Å². The Morgan fingerprint density at radius 2 is 1.86 bits per heavy atom. The molecule has 21 heavy (non-hydrogen) atoms. The van der Waals surface area contributed by atoms with Crippen molar-refractivity contribution in [2.24, 2.45) is 0 Å². The molecule has 0 aromatic heterocycles. The average Bonchev–Trinajstić information content (AvgIpc) is 2.49. The summed E-state index contributed by atoms with van der Waals surface area (Å²) < 4.78 is 4.93. The van der Waals surface area contributed by atoms with Crippen LogP contribution in [0.2, 0.25) is 10.0 Å². The number of esters is 1. The first-order valence-electron chi connectivity index (χ1n) is 6.55. The lowest BCUT2D eigenvalue weighted by Crippen LogP contribution is -2.05. The van der Waals surface area contributed by atoms with Crippen molar-refractivity contribution in [3.8, 4) is 0 Å². The molecule has 0 unspecified atom stereocenters. The third kappa shape index (κ3) is 4.38. The summed E-state index contributed by atoms with van der Waals surface area (Å²) in [5, 5.41) is 4.54. The Balaban J connectivity index is 2.00. The molecular weight excluding hydrogens is 309 g/mol. The number of nitrogens with one attached hydrogen (secondary N) is 1. The lowest BCUT2D eigenvalue weighted by atomic mass is 10.2. The van der Waals surface area contributed by atoms with Crippen LogP contribution >= 0.6 is 23.2 Å². The number of anilines is 1. The van der Waals surface area contributed by atoms with E-state index >= 15 is 0 Å². The molecule has 1 N–H and O–H groups in total. The van der Waals surface area contributed by atoms with E-state index in [4.69, 9.17) is 27.9 Å². The molecule has 0 atom stereocenters. The van der Waals surface area contributed by atoms with Crippen molar-refractivity contribution < 1.29 is 9.53 Å². The number of benzene rings is 2. The van der Waals surface area contributed by atoms with E-state index in [1.807, 2.05) is 18.2 Å². The Labute approximate surface area is 133 Å². The fourth-order valence-electron chi connectivity index (χ4n) is 1.81. The number of hydrogen-bond donors (Lipinski definition) is 1. The summed E-state index contributed by atoms with van der Waals surface area (Å²) in [6, 6.07) is 12.4. The highest BCUT2D eigenvalue weighted by molar-refractivity contribution is 6.33. The number of halogens is 2. The van der Waals surface area contributed by atoms with Gasteiger partial charge in [-0.15, -0.1) is 0 Å². The molecule has 2 aromatic carbocycles. The van der Waals surface area contributed by atoms with Gasteiger partial charge in [-0.05, 0) is 55.0 Å². The zero-order valence-corrected chi connectivity index (χ0v) is 13.0. The minimum atomic E-state index is -0.318. The maximum Gasteiger partial charge on any atom is 0.338 e. The number of carbonyl (C=O) groups excluding carboxylic acids is 1. The average molecular weight is 324 g/mol. The Kier molecular flexibility index (Phi) is 5.48. The Morgan fingerprint density at radius 3 is 2.52 bits per heavy atom. The molecule has 0 saturated carbocycles. The minimum absolute atomic E-state index is 0.318. The zero-order chi connectivity index (χ0) is 15.2. The van der Waals surface area contributed by atoms with Crippen LogP contribution in [0.1, 0.15) is 22.8 Å². The molecule has 0 fully saturated rings. The van der Waals surface area contributed by atoms with Crippen LogP contribution in [0.5, 0.6) is 0 Å². The van der Waals surface area contributed by atoms with Gasteiger partial charge in [0, 0.05) is 22.3 Å². The van der Waals surface area contributed by atoms with Crippen molar-refractivity contribution >= 4 is 34.9 Å². The van der Waals surface area contributed by atoms with Crippen molar-refractivity contribution in [2.45, 2.75) is 13.5 Å². The number of rotatable bonds is 5. The van der Waals surface area contributed by atoms with Gasteiger partial charge >= 0.3 is 5.97 Å². The van der Waals surface area contributed by atoms with E-state index in [1.54, 1.807) is 31.2 Å². The van der Waals surface area contributed by atoms with Crippen LogP contribution in [0.3, 0.4) is 0 Å². The molecule has 0 heterocycles. The fourth-order valence-corrected chi connectivity index (χ4v) is 2.19. The van der Waals surface area contributed by atoms with Crippen molar-refractivity contribution in [1.82, 2.24) is 0 Å². The van der Waals surface area contributed by atoms with Gasteiger partial charge < -0.3 is 10.1 Å². The van der Waals surface area contributed by atoms with Gasteiger partial charge in [-0.2, -0.15) is 0 Å². The SMILES string of the molecule is CCOC(=O)c1ccc(NCc2cc(Cl)ccc2Cl)cc1. The summed E-state index contributed by atoms with van der Waals surface area (Å²) in [6.45, 7) is 2.70. The summed E-state index contributed by atoms with van der Waals surface area (Å²) in [6.07, 6.45) is 0. The molecule has 0 bridgehead atoms. The smallest absolute Gasteiger partial charge is 0.338 e. The van der Waals surface area contributed by atoms with Crippen LogP contribution < -0.4 is 5.32 Å². The van der Waals surface area contributed by atoms with Gasteiger partial charge in [0.1, 0.15) is 0 Å². The van der Waals surface area contributed by atoms with Crippen LogP contribution in [0.15, 0.2) is 42.5 Å². The largest absolute Gasteiger partial charge is 0.462 e. The van der Waals surface area contributed by atoms with Crippen molar-refractivity contribution in [1.29, 1.82) is 0 Å². The van der Waals surface area contributed by atoms with Gasteiger partial charge in [0.2, 0.25) is 0 Å². The van der Waals surface area contributed by atoms with Gasteiger partial charge in [0.25, 0.3) is 0 Å². The van der Waals surface area contributed by atoms with Crippen LogP contribution in [0.4, 0.5) is 5.69 Å².